The normalized spacial score (nSPS) is 12.2. The molecule has 0 aliphatic heterocycles. The van der Waals surface area contributed by atoms with Gasteiger partial charge in [0.1, 0.15) is 18.3 Å². The predicted molar refractivity (Wildman–Crippen MR) is 130 cm³/mol. The van der Waals surface area contributed by atoms with E-state index in [0.717, 1.165) is 21.7 Å². The van der Waals surface area contributed by atoms with Crippen LogP contribution in [0.3, 0.4) is 0 Å². The molecule has 33 heavy (non-hydrogen) atoms. The number of ether oxygens (including phenoxy) is 1. The summed E-state index contributed by atoms with van der Waals surface area (Å²) in [5, 5.41) is 2.82. The van der Waals surface area contributed by atoms with Crippen LogP contribution in [-0.2, 0) is 26.2 Å². The smallest absolute Gasteiger partial charge is 0.244 e. The zero-order valence-corrected chi connectivity index (χ0v) is 20.8. The van der Waals surface area contributed by atoms with E-state index in [1.165, 1.54) is 12.0 Å². The van der Waals surface area contributed by atoms with Crippen LogP contribution >= 0.6 is 0 Å². The summed E-state index contributed by atoms with van der Waals surface area (Å²) in [4.78, 5) is 27.6. The number of nitrogens with zero attached hydrogens (tertiary/aromatic N) is 2. The standard InChI is InChI=1S/C24H33N3O5S/c1-17(2)25-24(29)19(4)26(15-20-9-7-8-18(3)14-20)23(28)16-27(33(6,30)31)21-10-12-22(32-5)13-11-21/h7-14,17,19H,15-16H2,1-6H3,(H,25,29)/t19-/m0/s1. The van der Waals surface area contributed by atoms with Crippen LogP contribution in [0, 0.1) is 6.92 Å². The maximum absolute atomic E-state index is 13.4. The summed E-state index contributed by atoms with van der Waals surface area (Å²) in [7, 11) is -2.25. The van der Waals surface area contributed by atoms with Gasteiger partial charge >= 0.3 is 0 Å². The van der Waals surface area contributed by atoms with E-state index in [2.05, 4.69) is 5.32 Å². The minimum Gasteiger partial charge on any atom is -0.497 e. The molecule has 0 unspecified atom stereocenters. The van der Waals surface area contributed by atoms with E-state index in [-0.39, 0.29) is 18.5 Å². The molecular formula is C24H33N3O5S. The number of carbonyl (C=O) groups excluding carboxylic acids is 2. The molecule has 2 aromatic rings. The lowest BCUT2D eigenvalue weighted by molar-refractivity contribution is -0.139. The van der Waals surface area contributed by atoms with E-state index < -0.39 is 28.5 Å². The third-order valence-electron chi connectivity index (χ3n) is 5.07. The second-order valence-corrected chi connectivity index (χ2v) is 10.2. The van der Waals surface area contributed by atoms with Crippen molar-refractivity contribution < 1.29 is 22.7 Å². The van der Waals surface area contributed by atoms with E-state index in [9.17, 15) is 18.0 Å². The first-order valence-electron chi connectivity index (χ1n) is 10.7. The largest absolute Gasteiger partial charge is 0.497 e. The number of amides is 2. The van der Waals surface area contributed by atoms with Gasteiger partial charge in [0.2, 0.25) is 21.8 Å². The van der Waals surface area contributed by atoms with Gasteiger partial charge in [-0.2, -0.15) is 0 Å². The highest BCUT2D eigenvalue weighted by Gasteiger charge is 2.30. The van der Waals surface area contributed by atoms with Crippen molar-refractivity contribution in [3.63, 3.8) is 0 Å². The summed E-state index contributed by atoms with van der Waals surface area (Å²) in [6.45, 7) is 7.01. The zero-order valence-electron chi connectivity index (χ0n) is 20.0. The molecule has 0 aliphatic rings. The summed E-state index contributed by atoms with van der Waals surface area (Å²) in [6, 6.07) is 13.2. The lowest BCUT2D eigenvalue weighted by atomic mass is 10.1. The van der Waals surface area contributed by atoms with Crippen molar-refractivity contribution in [1.29, 1.82) is 0 Å². The van der Waals surface area contributed by atoms with Crippen LogP contribution in [0.25, 0.3) is 0 Å². The monoisotopic (exact) mass is 475 g/mol. The van der Waals surface area contributed by atoms with Crippen molar-refractivity contribution in [3.05, 3.63) is 59.7 Å². The van der Waals surface area contributed by atoms with Gasteiger partial charge in [0.25, 0.3) is 0 Å². The number of sulfonamides is 1. The summed E-state index contributed by atoms with van der Waals surface area (Å²) < 4.78 is 31.2. The van der Waals surface area contributed by atoms with Crippen molar-refractivity contribution in [2.45, 2.75) is 46.3 Å². The number of hydrogen-bond acceptors (Lipinski definition) is 5. The third kappa shape index (κ3) is 7.49. The Balaban J connectivity index is 2.38. The molecule has 2 rings (SSSR count). The summed E-state index contributed by atoms with van der Waals surface area (Å²) >= 11 is 0. The van der Waals surface area contributed by atoms with Crippen LogP contribution < -0.4 is 14.4 Å². The number of nitrogens with one attached hydrogen (secondary N) is 1. The van der Waals surface area contributed by atoms with Gasteiger partial charge in [-0.05, 0) is 57.5 Å². The molecule has 0 saturated carbocycles. The number of anilines is 1. The Hall–Kier alpha value is -3.07. The first-order chi connectivity index (χ1) is 15.4. The van der Waals surface area contributed by atoms with Gasteiger partial charge in [0.15, 0.2) is 0 Å². The quantitative estimate of drug-likeness (QED) is 0.570. The van der Waals surface area contributed by atoms with E-state index in [1.54, 1.807) is 31.2 Å². The number of aryl methyl sites for hydroxylation is 1. The molecule has 0 aromatic heterocycles. The Morgan fingerprint density at radius 1 is 1.06 bits per heavy atom. The SMILES string of the molecule is COc1ccc(N(CC(=O)N(Cc2cccc(C)c2)[C@@H](C)C(=O)NC(C)C)S(C)(=O)=O)cc1. The van der Waals surface area contributed by atoms with Crippen LogP contribution in [0.4, 0.5) is 5.69 Å². The fraction of sp³-hybridized carbons (Fsp3) is 0.417. The molecule has 0 fully saturated rings. The molecular weight excluding hydrogens is 442 g/mol. The topological polar surface area (TPSA) is 96.0 Å². The van der Waals surface area contributed by atoms with Gasteiger partial charge in [-0.3, -0.25) is 13.9 Å². The lowest BCUT2D eigenvalue weighted by Crippen LogP contribution is -2.52. The zero-order chi connectivity index (χ0) is 24.8. The Bertz CT molecular complexity index is 1070. The van der Waals surface area contributed by atoms with Gasteiger partial charge < -0.3 is 15.0 Å². The van der Waals surface area contributed by atoms with Gasteiger partial charge in [-0.25, -0.2) is 8.42 Å². The highest BCUT2D eigenvalue weighted by atomic mass is 32.2. The van der Waals surface area contributed by atoms with Gasteiger partial charge in [-0.1, -0.05) is 29.8 Å². The Labute approximate surface area is 196 Å². The Morgan fingerprint density at radius 2 is 1.70 bits per heavy atom. The molecule has 2 amide bonds. The van der Waals surface area contributed by atoms with E-state index in [0.29, 0.717) is 11.4 Å². The van der Waals surface area contributed by atoms with Gasteiger partial charge in [-0.15, -0.1) is 0 Å². The first kappa shape index (κ1) is 26.2. The molecule has 0 spiro atoms. The average molecular weight is 476 g/mol. The number of methoxy groups -OCH3 is 1. The minimum atomic E-state index is -3.77. The van der Waals surface area contributed by atoms with Crippen LogP contribution in [0.2, 0.25) is 0 Å². The van der Waals surface area contributed by atoms with Gasteiger partial charge in [0, 0.05) is 12.6 Å². The van der Waals surface area contributed by atoms with Crippen LogP contribution in [0.15, 0.2) is 48.5 Å². The van der Waals surface area contributed by atoms with Crippen molar-refractivity contribution in [2.75, 3.05) is 24.2 Å². The maximum Gasteiger partial charge on any atom is 0.244 e. The van der Waals surface area contributed by atoms with Crippen molar-refractivity contribution >= 4 is 27.5 Å². The van der Waals surface area contributed by atoms with Crippen LogP contribution in [0.5, 0.6) is 5.75 Å². The first-order valence-corrected chi connectivity index (χ1v) is 12.5. The lowest BCUT2D eigenvalue weighted by Gasteiger charge is -2.32. The Morgan fingerprint density at radius 3 is 2.21 bits per heavy atom. The summed E-state index contributed by atoms with van der Waals surface area (Å²) in [5.41, 5.74) is 2.21. The molecule has 8 nitrogen and oxygen atoms in total. The second kappa shape index (κ2) is 11.2. The summed E-state index contributed by atoms with van der Waals surface area (Å²) in [6.07, 6.45) is 1.05. The van der Waals surface area contributed by atoms with Crippen molar-refractivity contribution in [1.82, 2.24) is 10.2 Å². The highest BCUT2D eigenvalue weighted by molar-refractivity contribution is 7.92. The molecule has 1 N–H and O–H groups in total. The molecule has 0 radical (unpaired) electrons. The second-order valence-electron chi connectivity index (χ2n) is 8.32. The molecule has 1 atom stereocenters. The van der Waals surface area contributed by atoms with Crippen LogP contribution in [-0.4, -0.2) is 57.1 Å². The minimum absolute atomic E-state index is 0.0947. The maximum atomic E-state index is 13.4. The van der Waals surface area contributed by atoms with E-state index in [4.69, 9.17) is 4.74 Å². The molecule has 0 saturated heterocycles. The van der Waals surface area contributed by atoms with E-state index in [1.807, 2.05) is 45.0 Å². The molecule has 180 valence electrons. The third-order valence-corrected chi connectivity index (χ3v) is 6.21. The van der Waals surface area contributed by atoms with Crippen LogP contribution in [0.1, 0.15) is 31.9 Å². The number of benzene rings is 2. The average Bonchev–Trinajstić information content (AvgIpc) is 2.74. The predicted octanol–water partition coefficient (Wildman–Crippen LogP) is 2.71. The number of hydrogen-bond donors (Lipinski definition) is 1. The van der Waals surface area contributed by atoms with Gasteiger partial charge in [0.05, 0.1) is 19.1 Å². The van der Waals surface area contributed by atoms with E-state index >= 15 is 0 Å². The number of carbonyl (C=O) groups is 2. The molecule has 9 heteroatoms. The van der Waals surface area contributed by atoms with Crippen molar-refractivity contribution in [3.8, 4) is 5.75 Å². The van der Waals surface area contributed by atoms with Crippen molar-refractivity contribution in [2.24, 2.45) is 0 Å². The summed E-state index contributed by atoms with van der Waals surface area (Å²) in [5.74, 6) is -0.218. The molecule has 2 aromatic carbocycles. The highest BCUT2D eigenvalue weighted by Crippen LogP contribution is 2.22. The fourth-order valence-corrected chi connectivity index (χ4v) is 4.21. The number of rotatable bonds is 10. The fourth-order valence-electron chi connectivity index (χ4n) is 3.36. The Kier molecular flexibility index (Phi) is 8.87. The molecule has 0 bridgehead atoms. The molecule has 0 heterocycles. The molecule has 0 aliphatic carbocycles.